The Bertz CT molecular complexity index is 376. The summed E-state index contributed by atoms with van der Waals surface area (Å²) in [4.78, 5) is 24.8. The van der Waals surface area contributed by atoms with Crippen LogP contribution < -0.4 is 0 Å². The highest BCUT2D eigenvalue weighted by atomic mass is 16.6. The van der Waals surface area contributed by atoms with Crippen molar-refractivity contribution in [3.63, 3.8) is 0 Å². The molecule has 0 bridgehead atoms. The van der Waals surface area contributed by atoms with E-state index in [2.05, 4.69) is 0 Å². The average Bonchev–Trinajstić information content (AvgIpc) is 2.72. The molecule has 0 aromatic rings. The van der Waals surface area contributed by atoms with Gasteiger partial charge in [0.15, 0.2) is 0 Å². The van der Waals surface area contributed by atoms with Crippen molar-refractivity contribution in [2.45, 2.75) is 38.9 Å². The number of fused-ring (bicyclic) bond motifs is 1. The Labute approximate surface area is 112 Å². The van der Waals surface area contributed by atoms with Crippen LogP contribution in [0.15, 0.2) is 0 Å². The highest BCUT2D eigenvalue weighted by Crippen LogP contribution is 2.33. The van der Waals surface area contributed by atoms with E-state index in [1.165, 1.54) is 4.90 Å². The first-order valence-corrected chi connectivity index (χ1v) is 6.60. The van der Waals surface area contributed by atoms with Gasteiger partial charge in [-0.1, -0.05) is 0 Å². The summed E-state index contributed by atoms with van der Waals surface area (Å²) in [5, 5.41) is 9.26. The van der Waals surface area contributed by atoms with E-state index in [9.17, 15) is 14.7 Å². The van der Waals surface area contributed by atoms with Gasteiger partial charge in [0.05, 0.1) is 6.10 Å². The van der Waals surface area contributed by atoms with Crippen molar-refractivity contribution in [1.29, 1.82) is 0 Å². The first-order chi connectivity index (χ1) is 8.78. The summed E-state index contributed by atoms with van der Waals surface area (Å²) in [5.74, 6) is -1.47. The fourth-order valence-electron chi connectivity index (χ4n) is 2.69. The van der Waals surface area contributed by atoms with E-state index >= 15 is 0 Å². The molecule has 2 saturated heterocycles. The molecule has 0 aromatic heterocycles. The summed E-state index contributed by atoms with van der Waals surface area (Å²) in [5.41, 5.74) is -0.571. The van der Waals surface area contributed by atoms with E-state index in [1.807, 2.05) is 0 Å². The molecule has 6 nitrogen and oxygen atoms in total. The quantitative estimate of drug-likeness (QED) is 0.779. The zero-order valence-corrected chi connectivity index (χ0v) is 11.6. The van der Waals surface area contributed by atoms with E-state index in [1.54, 1.807) is 20.8 Å². The maximum Gasteiger partial charge on any atom is 0.410 e. The second-order valence-corrected chi connectivity index (χ2v) is 6.21. The molecule has 0 saturated carbocycles. The standard InChI is InChI=1S/C13H21NO5/c1-13(2,3)19-12(17)14-6-8-4-5-18-10(8)9(7-14)11(15)16/h8-10H,4-7H2,1-3H3,(H,15,16)/t8-,9-,10+/m0/s1. The largest absolute Gasteiger partial charge is 0.481 e. The summed E-state index contributed by atoms with van der Waals surface area (Å²) in [6, 6.07) is 0. The molecule has 6 heteroatoms. The molecule has 19 heavy (non-hydrogen) atoms. The minimum absolute atomic E-state index is 0.0994. The molecule has 2 aliphatic heterocycles. The Morgan fingerprint density at radius 1 is 1.32 bits per heavy atom. The van der Waals surface area contributed by atoms with Crippen LogP contribution in [0.4, 0.5) is 4.79 Å². The molecule has 2 rings (SSSR count). The lowest BCUT2D eigenvalue weighted by Gasteiger charge is -2.38. The molecule has 108 valence electrons. The molecule has 2 heterocycles. The summed E-state index contributed by atoms with van der Waals surface area (Å²) in [7, 11) is 0. The maximum absolute atomic E-state index is 12.0. The number of carbonyl (C=O) groups excluding carboxylic acids is 1. The number of hydrogen-bond donors (Lipinski definition) is 1. The third-order valence-electron chi connectivity index (χ3n) is 3.50. The lowest BCUT2D eigenvalue weighted by Crippen LogP contribution is -2.53. The van der Waals surface area contributed by atoms with Crippen LogP contribution in [0.3, 0.4) is 0 Å². The van der Waals surface area contributed by atoms with Gasteiger partial charge in [-0.2, -0.15) is 0 Å². The number of amides is 1. The molecule has 0 aromatic carbocycles. The fraction of sp³-hybridized carbons (Fsp3) is 0.846. The SMILES string of the molecule is CC(C)(C)OC(=O)N1C[C@@H]2CCO[C@H]2[C@@H](C(=O)O)C1. The molecule has 2 fully saturated rings. The monoisotopic (exact) mass is 271 g/mol. The van der Waals surface area contributed by atoms with Gasteiger partial charge in [-0.05, 0) is 27.2 Å². The molecule has 0 aliphatic carbocycles. The van der Waals surface area contributed by atoms with Crippen LogP contribution in [0.5, 0.6) is 0 Å². The van der Waals surface area contributed by atoms with Crippen LogP contribution in [-0.4, -0.2) is 53.5 Å². The molecule has 0 spiro atoms. The summed E-state index contributed by atoms with van der Waals surface area (Å²) >= 11 is 0. The van der Waals surface area contributed by atoms with Crippen LogP contribution in [0.25, 0.3) is 0 Å². The average molecular weight is 271 g/mol. The van der Waals surface area contributed by atoms with Gasteiger partial charge in [-0.15, -0.1) is 0 Å². The topological polar surface area (TPSA) is 76.1 Å². The van der Waals surface area contributed by atoms with Gasteiger partial charge < -0.3 is 19.5 Å². The van der Waals surface area contributed by atoms with Gasteiger partial charge in [-0.3, -0.25) is 4.79 Å². The molecule has 1 amide bonds. The van der Waals surface area contributed by atoms with Gasteiger partial charge >= 0.3 is 12.1 Å². The normalized spacial score (nSPS) is 30.9. The lowest BCUT2D eigenvalue weighted by molar-refractivity contribution is -0.150. The number of piperidine rings is 1. The first-order valence-electron chi connectivity index (χ1n) is 6.60. The maximum atomic E-state index is 12.0. The van der Waals surface area contributed by atoms with Crippen molar-refractivity contribution in [2.24, 2.45) is 11.8 Å². The number of rotatable bonds is 1. The van der Waals surface area contributed by atoms with Crippen molar-refractivity contribution in [3.8, 4) is 0 Å². The van der Waals surface area contributed by atoms with Crippen LogP contribution in [0, 0.1) is 11.8 Å². The van der Waals surface area contributed by atoms with Gasteiger partial charge in [0.1, 0.15) is 11.5 Å². The summed E-state index contributed by atoms with van der Waals surface area (Å²) in [6.07, 6.45) is 0.0913. The molecular weight excluding hydrogens is 250 g/mol. The number of ether oxygens (including phenoxy) is 2. The fourth-order valence-corrected chi connectivity index (χ4v) is 2.69. The number of carboxylic acid groups (broad SMARTS) is 1. The predicted octanol–water partition coefficient (Wildman–Crippen LogP) is 1.34. The first kappa shape index (κ1) is 14.1. The van der Waals surface area contributed by atoms with Gasteiger partial charge in [-0.25, -0.2) is 4.79 Å². The van der Waals surface area contributed by atoms with E-state index in [0.717, 1.165) is 6.42 Å². The third kappa shape index (κ3) is 3.18. The molecule has 1 N–H and O–H groups in total. The highest BCUT2D eigenvalue weighted by molar-refractivity contribution is 5.74. The molecule has 3 atom stereocenters. The molecule has 0 unspecified atom stereocenters. The predicted molar refractivity (Wildman–Crippen MR) is 66.8 cm³/mol. The molecular formula is C13H21NO5. The Balaban J connectivity index is 2.07. The third-order valence-corrected chi connectivity index (χ3v) is 3.50. The Kier molecular flexibility index (Phi) is 3.71. The van der Waals surface area contributed by atoms with E-state index < -0.39 is 23.6 Å². The summed E-state index contributed by atoms with van der Waals surface area (Å²) < 4.78 is 10.8. The number of carboxylic acids is 1. The Hall–Kier alpha value is -1.30. The Morgan fingerprint density at radius 2 is 2.00 bits per heavy atom. The smallest absolute Gasteiger partial charge is 0.410 e. The minimum atomic E-state index is -0.912. The second kappa shape index (κ2) is 5.00. The number of aliphatic carboxylic acids is 1. The van der Waals surface area contributed by atoms with E-state index in [-0.39, 0.29) is 18.6 Å². The van der Waals surface area contributed by atoms with Crippen molar-refractivity contribution in [1.82, 2.24) is 4.90 Å². The summed E-state index contributed by atoms with van der Waals surface area (Å²) in [6.45, 7) is 6.64. The lowest BCUT2D eigenvalue weighted by atomic mass is 9.86. The van der Waals surface area contributed by atoms with Crippen molar-refractivity contribution in [3.05, 3.63) is 0 Å². The van der Waals surface area contributed by atoms with Crippen molar-refractivity contribution in [2.75, 3.05) is 19.7 Å². The second-order valence-electron chi connectivity index (χ2n) is 6.21. The zero-order valence-electron chi connectivity index (χ0n) is 11.6. The van der Waals surface area contributed by atoms with Crippen LogP contribution >= 0.6 is 0 Å². The van der Waals surface area contributed by atoms with Crippen LogP contribution in [-0.2, 0) is 14.3 Å². The number of nitrogens with zero attached hydrogens (tertiary/aromatic N) is 1. The van der Waals surface area contributed by atoms with Crippen LogP contribution in [0.1, 0.15) is 27.2 Å². The van der Waals surface area contributed by atoms with Gasteiger partial charge in [0.25, 0.3) is 0 Å². The highest BCUT2D eigenvalue weighted by Gasteiger charge is 2.46. The molecule has 0 radical (unpaired) electrons. The van der Waals surface area contributed by atoms with E-state index in [0.29, 0.717) is 13.2 Å². The number of likely N-dealkylation sites (tertiary alicyclic amines) is 1. The zero-order chi connectivity index (χ0) is 14.2. The minimum Gasteiger partial charge on any atom is -0.481 e. The Morgan fingerprint density at radius 3 is 2.58 bits per heavy atom. The molecule has 2 aliphatic rings. The number of hydrogen-bond acceptors (Lipinski definition) is 4. The van der Waals surface area contributed by atoms with Gasteiger partial charge in [0, 0.05) is 25.6 Å². The van der Waals surface area contributed by atoms with Crippen molar-refractivity contribution >= 4 is 12.1 Å². The van der Waals surface area contributed by atoms with Gasteiger partial charge in [0.2, 0.25) is 0 Å². The van der Waals surface area contributed by atoms with Crippen LogP contribution in [0.2, 0.25) is 0 Å². The van der Waals surface area contributed by atoms with Crippen molar-refractivity contribution < 1.29 is 24.2 Å². The number of carbonyl (C=O) groups is 2. The van der Waals surface area contributed by atoms with E-state index in [4.69, 9.17) is 9.47 Å².